The van der Waals surface area contributed by atoms with E-state index in [1.807, 2.05) is 31.2 Å². The van der Waals surface area contributed by atoms with Crippen LogP contribution < -0.4 is 10.6 Å². The van der Waals surface area contributed by atoms with Gasteiger partial charge in [0, 0.05) is 19.2 Å². The van der Waals surface area contributed by atoms with Gasteiger partial charge in [-0.2, -0.15) is 0 Å². The summed E-state index contributed by atoms with van der Waals surface area (Å²) in [5.74, 6) is 0.412. The van der Waals surface area contributed by atoms with Gasteiger partial charge < -0.3 is 10.6 Å². The number of nitrogens with one attached hydrogen (secondary N) is 2. The van der Waals surface area contributed by atoms with E-state index in [4.69, 9.17) is 0 Å². The lowest BCUT2D eigenvalue weighted by Crippen LogP contribution is -2.24. The molecule has 0 saturated carbocycles. The maximum absolute atomic E-state index is 12.3. The van der Waals surface area contributed by atoms with Gasteiger partial charge in [0.15, 0.2) is 0 Å². The van der Waals surface area contributed by atoms with Crippen molar-refractivity contribution in [1.82, 2.24) is 15.3 Å². The number of carbonyl (C=O) groups is 1. The maximum atomic E-state index is 12.3. The molecule has 5 nitrogen and oxygen atoms in total. The minimum atomic E-state index is -0.215. The summed E-state index contributed by atoms with van der Waals surface area (Å²) in [5, 5.41) is 6.13. The Morgan fingerprint density at radius 3 is 2.19 bits per heavy atom. The average Bonchev–Trinajstić information content (AvgIpc) is 2.65. The Morgan fingerprint density at radius 1 is 0.885 bits per heavy atom. The molecule has 26 heavy (non-hydrogen) atoms. The number of anilines is 1. The lowest BCUT2D eigenvalue weighted by molar-refractivity contribution is 0.0946. The second kappa shape index (κ2) is 8.25. The highest BCUT2D eigenvalue weighted by Gasteiger charge is 2.08. The summed E-state index contributed by atoms with van der Waals surface area (Å²) in [7, 11) is 0. The lowest BCUT2D eigenvalue weighted by Gasteiger charge is -2.08. The first-order valence-electron chi connectivity index (χ1n) is 8.55. The van der Waals surface area contributed by atoms with Gasteiger partial charge in [-0.3, -0.25) is 4.79 Å². The summed E-state index contributed by atoms with van der Waals surface area (Å²) in [4.78, 5) is 20.6. The van der Waals surface area contributed by atoms with Crippen LogP contribution in [0.4, 0.5) is 5.82 Å². The topological polar surface area (TPSA) is 66.9 Å². The summed E-state index contributed by atoms with van der Waals surface area (Å²) in [5.41, 5.74) is 4.95. The van der Waals surface area contributed by atoms with Crippen molar-refractivity contribution in [3.8, 4) is 0 Å². The van der Waals surface area contributed by atoms with E-state index in [1.54, 1.807) is 6.07 Å². The number of benzene rings is 2. The zero-order valence-electron chi connectivity index (χ0n) is 15.0. The zero-order valence-corrected chi connectivity index (χ0v) is 15.0. The zero-order chi connectivity index (χ0) is 18.4. The quantitative estimate of drug-likeness (QED) is 0.715. The Kier molecular flexibility index (Phi) is 5.59. The molecule has 3 aromatic rings. The van der Waals surface area contributed by atoms with E-state index < -0.39 is 0 Å². The average molecular weight is 346 g/mol. The molecule has 0 saturated heterocycles. The second-order valence-electron chi connectivity index (χ2n) is 6.30. The van der Waals surface area contributed by atoms with Crippen LogP contribution in [0, 0.1) is 13.8 Å². The van der Waals surface area contributed by atoms with Crippen molar-refractivity contribution in [3.63, 3.8) is 0 Å². The van der Waals surface area contributed by atoms with Crippen LogP contribution in [-0.4, -0.2) is 15.9 Å². The summed E-state index contributed by atoms with van der Waals surface area (Å²) in [6, 6.07) is 18.0. The van der Waals surface area contributed by atoms with Crippen molar-refractivity contribution in [2.75, 3.05) is 5.32 Å². The van der Waals surface area contributed by atoms with E-state index in [1.165, 1.54) is 17.5 Å². The number of hydrogen-bond acceptors (Lipinski definition) is 4. The highest BCUT2D eigenvalue weighted by Crippen LogP contribution is 2.09. The van der Waals surface area contributed by atoms with Gasteiger partial charge in [-0.25, -0.2) is 9.97 Å². The van der Waals surface area contributed by atoms with Crippen molar-refractivity contribution in [2.45, 2.75) is 26.9 Å². The van der Waals surface area contributed by atoms with Crippen LogP contribution in [0.1, 0.15) is 32.7 Å². The van der Waals surface area contributed by atoms with Crippen LogP contribution in [0.25, 0.3) is 0 Å². The Labute approximate surface area is 153 Å². The predicted molar refractivity (Wildman–Crippen MR) is 103 cm³/mol. The van der Waals surface area contributed by atoms with Gasteiger partial charge in [-0.1, -0.05) is 59.7 Å². The van der Waals surface area contributed by atoms with Crippen molar-refractivity contribution in [2.24, 2.45) is 0 Å². The molecule has 132 valence electrons. The minimum Gasteiger partial charge on any atom is -0.366 e. The van der Waals surface area contributed by atoms with Gasteiger partial charge in [0.1, 0.15) is 17.8 Å². The normalized spacial score (nSPS) is 10.4. The number of nitrogens with zero attached hydrogens (tertiary/aromatic N) is 2. The summed E-state index contributed by atoms with van der Waals surface area (Å²) in [6.07, 6.45) is 1.40. The first kappa shape index (κ1) is 17.6. The Bertz CT molecular complexity index is 908. The molecule has 3 rings (SSSR count). The molecule has 0 radical (unpaired) electrons. The monoisotopic (exact) mass is 346 g/mol. The molecule has 0 fully saturated rings. The Hall–Kier alpha value is -3.21. The number of amides is 1. The molecule has 0 unspecified atom stereocenters. The van der Waals surface area contributed by atoms with E-state index in [0.717, 1.165) is 11.1 Å². The standard InChI is InChI=1S/C21H22N4O/c1-15-5-3-7-17(9-15)12-22-20-11-19(24-14-25-20)21(26)23-13-18-8-4-6-16(2)10-18/h3-11,14H,12-13H2,1-2H3,(H,23,26)(H,22,24,25). The number of rotatable bonds is 6. The molecule has 0 bridgehead atoms. The first-order chi connectivity index (χ1) is 12.6. The third-order valence-electron chi connectivity index (χ3n) is 3.99. The van der Waals surface area contributed by atoms with Crippen LogP contribution in [-0.2, 0) is 13.1 Å². The molecule has 0 aliphatic carbocycles. The van der Waals surface area contributed by atoms with E-state index in [9.17, 15) is 4.79 Å². The van der Waals surface area contributed by atoms with E-state index in [-0.39, 0.29) is 5.91 Å². The molecule has 0 aliphatic heterocycles. The van der Waals surface area contributed by atoms with Crippen LogP contribution in [0.5, 0.6) is 0 Å². The predicted octanol–water partition coefficient (Wildman–Crippen LogP) is 3.64. The Morgan fingerprint density at radius 2 is 1.54 bits per heavy atom. The fraction of sp³-hybridized carbons (Fsp3) is 0.190. The molecular formula is C21H22N4O. The fourth-order valence-corrected chi connectivity index (χ4v) is 2.69. The lowest BCUT2D eigenvalue weighted by atomic mass is 10.1. The minimum absolute atomic E-state index is 0.215. The van der Waals surface area contributed by atoms with Crippen molar-refractivity contribution >= 4 is 11.7 Å². The largest absolute Gasteiger partial charge is 0.366 e. The van der Waals surface area contributed by atoms with E-state index in [0.29, 0.717) is 24.6 Å². The molecule has 2 N–H and O–H groups in total. The van der Waals surface area contributed by atoms with Crippen molar-refractivity contribution < 1.29 is 4.79 Å². The van der Waals surface area contributed by atoms with Crippen LogP contribution >= 0.6 is 0 Å². The Balaban J connectivity index is 1.60. The number of aromatic nitrogens is 2. The summed E-state index contributed by atoms with van der Waals surface area (Å²) in [6.45, 7) is 5.20. The van der Waals surface area contributed by atoms with E-state index in [2.05, 4.69) is 51.8 Å². The summed E-state index contributed by atoms with van der Waals surface area (Å²) < 4.78 is 0. The highest BCUT2D eigenvalue weighted by molar-refractivity contribution is 5.92. The third-order valence-corrected chi connectivity index (χ3v) is 3.99. The van der Waals surface area contributed by atoms with E-state index >= 15 is 0 Å². The van der Waals surface area contributed by atoms with Crippen LogP contribution in [0.2, 0.25) is 0 Å². The SMILES string of the molecule is Cc1cccc(CNC(=O)c2cc(NCc3cccc(C)c3)ncn2)c1. The number of carbonyl (C=O) groups excluding carboxylic acids is 1. The molecule has 5 heteroatoms. The second-order valence-corrected chi connectivity index (χ2v) is 6.30. The van der Waals surface area contributed by atoms with Crippen LogP contribution in [0.3, 0.4) is 0 Å². The fourth-order valence-electron chi connectivity index (χ4n) is 2.69. The number of hydrogen-bond donors (Lipinski definition) is 2. The molecule has 0 spiro atoms. The molecular weight excluding hydrogens is 324 g/mol. The first-order valence-corrected chi connectivity index (χ1v) is 8.55. The van der Waals surface area contributed by atoms with Crippen molar-refractivity contribution in [1.29, 1.82) is 0 Å². The third kappa shape index (κ3) is 4.89. The molecule has 0 aliphatic rings. The summed E-state index contributed by atoms with van der Waals surface area (Å²) >= 11 is 0. The van der Waals surface area contributed by atoms with Gasteiger partial charge >= 0.3 is 0 Å². The van der Waals surface area contributed by atoms with Gasteiger partial charge in [-0.05, 0) is 25.0 Å². The van der Waals surface area contributed by atoms with Gasteiger partial charge in [0.25, 0.3) is 5.91 Å². The molecule has 1 aromatic heterocycles. The van der Waals surface area contributed by atoms with Crippen molar-refractivity contribution in [3.05, 3.63) is 88.9 Å². The van der Waals surface area contributed by atoms with Gasteiger partial charge in [0.2, 0.25) is 0 Å². The molecule has 1 heterocycles. The highest BCUT2D eigenvalue weighted by atomic mass is 16.1. The molecule has 0 atom stereocenters. The van der Waals surface area contributed by atoms with Crippen LogP contribution in [0.15, 0.2) is 60.9 Å². The smallest absolute Gasteiger partial charge is 0.270 e. The molecule has 2 aromatic carbocycles. The van der Waals surface area contributed by atoms with Gasteiger partial charge in [-0.15, -0.1) is 0 Å². The number of aryl methyl sites for hydroxylation is 2. The molecule has 1 amide bonds. The van der Waals surface area contributed by atoms with Gasteiger partial charge in [0.05, 0.1) is 0 Å². The maximum Gasteiger partial charge on any atom is 0.270 e.